The SMILES string of the molecule is COc1ccc(/C=C2/C(=N)N3N=C(N4CCOCC4)SC3=NC2=O)cc1. The molecule has 0 bridgehead atoms. The number of nitrogens with zero attached hydrogens (tertiary/aromatic N) is 4. The van der Waals surface area contributed by atoms with Crippen molar-refractivity contribution in [1.29, 1.82) is 5.41 Å². The summed E-state index contributed by atoms with van der Waals surface area (Å²) in [6.07, 6.45) is 1.65. The molecule has 0 spiro atoms. The van der Waals surface area contributed by atoms with Crippen molar-refractivity contribution in [3.05, 3.63) is 35.4 Å². The Bertz CT molecular complexity index is 840. The average Bonchev–Trinajstić information content (AvgIpc) is 3.10. The van der Waals surface area contributed by atoms with Gasteiger partial charge in [-0.05, 0) is 35.5 Å². The maximum absolute atomic E-state index is 12.4. The molecule has 1 aromatic rings. The highest BCUT2D eigenvalue weighted by molar-refractivity contribution is 8.26. The van der Waals surface area contributed by atoms with Crippen molar-refractivity contribution in [3.63, 3.8) is 0 Å². The molecule has 1 amide bonds. The van der Waals surface area contributed by atoms with E-state index in [0.29, 0.717) is 18.4 Å². The molecule has 1 saturated heterocycles. The third-order valence-electron chi connectivity index (χ3n) is 4.15. The van der Waals surface area contributed by atoms with E-state index in [1.54, 1.807) is 25.3 Å². The normalized spacial score (nSPS) is 21.7. The van der Waals surface area contributed by atoms with E-state index in [9.17, 15) is 4.79 Å². The molecular formula is C17H17N5O3S. The van der Waals surface area contributed by atoms with Gasteiger partial charge in [-0.25, -0.2) is 0 Å². The molecule has 1 N–H and O–H groups in total. The molecule has 4 rings (SSSR count). The summed E-state index contributed by atoms with van der Waals surface area (Å²) >= 11 is 1.31. The van der Waals surface area contributed by atoms with Crippen LogP contribution in [-0.2, 0) is 9.53 Å². The largest absolute Gasteiger partial charge is 0.497 e. The number of benzene rings is 1. The van der Waals surface area contributed by atoms with Crippen LogP contribution in [0, 0.1) is 5.41 Å². The first-order chi connectivity index (χ1) is 12.7. The molecule has 0 atom stereocenters. The Labute approximate surface area is 154 Å². The van der Waals surface area contributed by atoms with Gasteiger partial charge in [0, 0.05) is 13.1 Å². The molecule has 134 valence electrons. The molecular weight excluding hydrogens is 354 g/mol. The average molecular weight is 371 g/mol. The molecule has 0 radical (unpaired) electrons. The standard InChI is InChI=1S/C17H17N5O3S/c1-24-12-4-2-11(3-5-12)10-13-14(18)22-16(19-15(13)23)26-17(20-22)21-6-8-25-9-7-21/h2-5,10,18H,6-9H2,1H3/b13-10-,18-14?. The van der Waals surface area contributed by atoms with Crippen LogP contribution in [0.15, 0.2) is 39.9 Å². The number of carbonyl (C=O) groups excluding carboxylic acids is 1. The summed E-state index contributed by atoms with van der Waals surface area (Å²) in [5.74, 6) is 0.336. The molecule has 3 heterocycles. The van der Waals surface area contributed by atoms with Gasteiger partial charge < -0.3 is 14.4 Å². The number of aliphatic imine (C=N–C) groups is 1. The number of ether oxygens (including phenoxy) is 2. The number of rotatable bonds is 2. The minimum absolute atomic E-state index is 0.0339. The number of thioether (sulfide) groups is 1. The first kappa shape index (κ1) is 16.8. The molecule has 3 aliphatic heterocycles. The number of nitrogens with one attached hydrogen (secondary N) is 1. The highest BCUT2D eigenvalue weighted by Gasteiger charge is 2.37. The molecule has 0 aromatic heterocycles. The lowest BCUT2D eigenvalue weighted by Gasteiger charge is -2.26. The van der Waals surface area contributed by atoms with Crippen LogP contribution in [0.25, 0.3) is 6.08 Å². The van der Waals surface area contributed by atoms with Crippen molar-refractivity contribution in [3.8, 4) is 5.75 Å². The van der Waals surface area contributed by atoms with E-state index < -0.39 is 5.91 Å². The Balaban J connectivity index is 1.60. The quantitative estimate of drug-likeness (QED) is 0.794. The van der Waals surface area contributed by atoms with Gasteiger partial charge >= 0.3 is 0 Å². The first-order valence-electron chi connectivity index (χ1n) is 8.12. The summed E-state index contributed by atoms with van der Waals surface area (Å²) in [6.45, 7) is 2.77. The number of carbonyl (C=O) groups is 1. The summed E-state index contributed by atoms with van der Waals surface area (Å²) < 4.78 is 10.5. The highest BCUT2D eigenvalue weighted by Crippen LogP contribution is 2.30. The maximum atomic E-state index is 12.4. The van der Waals surface area contributed by atoms with Crippen LogP contribution in [0.1, 0.15) is 5.56 Å². The van der Waals surface area contributed by atoms with Crippen LogP contribution in [0.4, 0.5) is 0 Å². The van der Waals surface area contributed by atoms with E-state index >= 15 is 0 Å². The predicted molar refractivity (Wildman–Crippen MR) is 100 cm³/mol. The number of hydrogen-bond donors (Lipinski definition) is 1. The van der Waals surface area contributed by atoms with Gasteiger partial charge in [-0.3, -0.25) is 10.2 Å². The summed E-state index contributed by atoms with van der Waals surface area (Å²) in [6, 6.07) is 7.26. The fraction of sp³-hybridized carbons (Fsp3) is 0.294. The van der Waals surface area contributed by atoms with Crippen LogP contribution < -0.4 is 4.74 Å². The zero-order chi connectivity index (χ0) is 18.1. The Kier molecular flexibility index (Phi) is 4.48. The fourth-order valence-electron chi connectivity index (χ4n) is 2.73. The first-order valence-corrected chi connectivity index (χ1v) is 8.94. The molecule has 26 heavy (non-hydrogen) atoms. The molecule has 1 aromatic carbocycles. The van der Waals surface area contributed by atoms with Crippen molar-refractivity contribution < 1.29 is 14.3 Å². The Morgan fingerprint density at radius 3 is 2.65 bits per heavy atom. The topological polar surface area (TPSA) is 90.6 Å². The lowest BCUT2D eigenvalue weighted by molar-refractivity contribution is -0.114. The van der Waals surface area contributed by atoms with E-state index in [4.69, 9.17) is 14.9 Å². The van der Waals surface area contributed by atoms with Gasteiger partial charge in [0.05, 0.1) is 25.9 Å². The maximum Gasteiger partial charge on any atom is 0.283 e. The molecule has 1 fully saturated rings. The third kappa shape index (κ3) is 3.11. The fourth-order valence-corrected chi connectivity index (χ4v) is 3.68. The monoisotopic (exact) mass is 371 g/mol. The lowest BCUT2D eigenvalue weighted by Crippen LogP contribution is -2.39. The van der Waals surface area contributed by atoms with Gasteiger partial charge in [0.2, 0.25) is 5.17 Å². The van der Waals surface area contributed by atoms with Crippen LogP contribution in [0.2, 0.25) is 0 Å². The van der Waals surface area contributed by atoms with E-state index in [2.05, 4.69) is 15.0 Å². The number of hydrogen-bond acceptors (Lipinski definition) is 7. The number of fused-ring (bicyclic) bond motifs is 1. The Hall–Kier alpha value is -2.65. The summed E-state index contributed by atoms with van der Waals surface area (Å²) in [7, 11) is 1.60. The zero-order valence-corrected chi connectivity index (χ0v) is 15.0. The van der Waals surface area contributed by atoms with Gasteiger partial charge in [0.15, 0.2) is 11.0 Å². The number of amidine groups is 3. The number of amides is 1. The zero-order valence-electron chi connectivity index (χ0n) is 14.1. The van der Waals surface area contributed by atoms with Gasteiger partial charge in [-0.1, -0.05) is 12.1 Å². The Morgan fingerprint density at radius 1 is 1.23 bits per heavy atom. The number of hydrazone groups is 1. The van der Waals surface area contributed by atoms with Crippen LogP contribution in [-0.4, -0.2) is 65.4 Å². The summed E-state index contributed by atoms with van der Waals surface area (Å²) in [5.41, 5.74) is 1.01. The van der Waals surface area contributed by atoms with Crippen LogP contribution in [0.3, 0.4) is 0 Å². The molecule has 0 aliphatic carbocycles. The van der Waals surface area contributed by atoms with Gasteiger partial charge in [0.25, 0.3) is 5.91 Å². The van der Waals surface area contributed by atoms with E-state index in [-0.39, 0.29) is 11.4 Å². The second kappa shape index (κ2) is 6.93. The Morgan fingerprint density at radius 2 is 1.96 bits per heavy atom. The smallest absolute Gasteiger partial charge is 0.283 e. The summed E-state index contributed by atoms with van der Waals surface area (Å²) in [4.78, 5) is 18.6. The van der Waals surface area contributed by atoms with Crippen molar-refractivity contribution >= 4 is 39.9 Å². The second-order valence-electron chi connectivity index (χ2n) is 5.78. The van der Waals surface area contributed by atoms with E-state index in [1.165, 1.54) is 16.8 Å². The molecule has 0 unspecified atom stereocenters. The van der Waals surface area contributed by atoms with Gasteiger partial charge in [0.1, 0.15) is 5.75 Å². The number of morpholine rings is 1. The highest BCUT2D eigenvalue weighted by atomic mass is 32.2. The van der Waals surface area contributed by atoms with Gasteiger partial charge in [-0.2, -0.15) is 10.0 Å². The minimum Gasteiger partial charge on any atom is -0.497 e. The predicted octanol–water partition coefficient (Wildman–Crippen LogP) is 1.60. The molecule has 0 saturated carbocycles. The minimum atomic E-state index is -0.428. The van der Waals surface area contributed by atoms with Crippen molar-refractivity contribution in [2.24, 2.45) is 10.1 Å². The van der Waals surface area contributed by atoms with E-state index in [1.807, 2.05) is 12.1 Å². The third-order valence-corrected chi connectivity index (χ3v) is 5.12. The summed E-state index contributed by atoms with van der Waals surface area (Å²) in [5, 5.41) is 15.5. The van der Waals surface area contributed by atoms with Crippen molar-refractivity contribution in [2.75, 3.05) is 33.4 Å². The number of methoxy groups -OCH3 is 1. The molecule has 8 nitrogen and oxygen atoms in total. The van der Waals surface area contributed by atoms with E-state index in [0.717, 1.165) is 29.6 Å². The van der Waals surface area contributed by atoms with Crippen molar-refractivity contribution in [2.45, 2.75) is 0 Å². The molecule has 3 aliphatic rings. The van der Waals surface area contributed by atoms with Gasteiger partial charge in [-0.15, -0.1) is 5.10 Å². The van der Waals surface area contributed by atoms with Crippen LogP contribution in [0.5, 0.6) is 5.75 Å². The lowest BCUT2D eigenvalue weighted by atomic mass is 10.1. The molecule has 9 heteroatoms. The van der Waals surface area contributed by atoms with Crippen molar-refractivity contribution in [1.82, 2.24) is 9.91 Å². The van der Waals surface area contributed by atoms with Crippen LogP contribution >= 0.6 is 11.8 Å². The second-order valence-corrected chi connectivity index (χ2v) is 6.71.